The summed E-state index contributed by atoms with van der Waals surface area (Å²) in [5.41, 5.74) is 1.16. The van der Waals surface area contributed by atoms with Crippen molar-refractivity contribution in [2.75, 3.05) is 13.2 Å². The van der Waals surface area contributed by atoms with E-state index < -0.39 is 0 Å². The van der Waals surface area contributed by atoms with Gasteiger partial charge in [0.05, 0.1) is 6.61 Å². The fraction of sp³-hybridized carbons (Fsp3) is 0.556. The van der Waals surface area contributed by atoms with Crippen molar-refractivity contribution >= 4 is 11.0 Å². The van der Waals surface area contributed by atoms with E-state index in [1.807, 2.05) is 18.2 Å². The highest BCUT2D eigenvalue weighted by atomic mass is 16.5. The third-order valence-corrected chi connectivity index (χ3v) is 5.22. The molecule has 2 heterocycles. The lowest BCUT2D eigenvalue weighted by molar-refractivity contribution is -0.0578. The summed E-state index contributed by atoms with van der Waals surface area (Å²) >= 11 is 0. The number of hydrogen-bond acceptors (Lipinski definition) is 3. The molecule has 0 amide bonds. The van der Waals surface area contributed by atoms with Crippen LogP contribution in [0.25, 0.3) is 11.0 Å². The molecule has 1 aliphatic carbocycles. The minimum absolute atomic E-state index is 0.0439. The SMILES string of the molecule is CC1CCC2(CC1)COC(c1cc3ccccc3o1)CN2. The molecule has 1 N–H and O–H groups in total. The largest absolute Gasteiger partial charge is 0.458 e. The summed E-state index contributed by atoms with van der Waals surface area (Å²) in [6.07, 6.45) is 5.14. The molecule has 1 aromatic heterocycles. The van der Waals surface area contributed by atoms with Gasteiger partial charge in [-0.3, -0.25) is 0 Å². The molecule has 0 bridgehead atoms. The molecule has 1 saturated heterocycles. The number of nitrogens with one attached hydrogen (secondary N) is 1. The van der Waals surface area contributed by atoms with Crippen LogP contribution in [0.3, 0.4) is 0 Å². The molecular weight excluding hydrogens is 262 g/mol. The van der Waals surface area contributed by atoms with Gasteiger partial charge in [-0.1, -0.05) is 25.1 Å². The van der Waals surface area contributed by atoms with Crippen LogP contribution in [0, 0.1) is 5.92 Å². The number of furan rings is 1. The topological polar surface area (TPSA) is 34.4 Å². The second-order valence-corrected chi connectivity index (χ2v) is 6.83. The molecule has 112 valence electrons. The lowest BCUT2D eigenvalue weighted by atomic mass is 9.77. The Morgan fingerprint density at radius 2 is 2.00 bits per heavy atom. The lowest BCUT2D eigenvalue weighted by Crippen LogP contribution is -2.56. The Hall–Kier alpha value is -1.32. The van der Waals surface area contributed by atoms with Crippen molar-refractivity contribution in [1.29, 1.82) is 0 Å². The Morgan fingerprint density at radius 3 is 2.71 bits per heavy atom. The van der Waals surface area contributed by atoms with Crippen molar-refractivity contribution < 1.29 is 9.15 Å². The van der Waals surface area contributed by atoms with Crippen molar-refractivity contribution in [3.05, 3.63) is 36.1 Å². The van der Waals surface area contributed by atoms with E-state index in [-0.39, 0.29) is 11.6 Å². The van der Waals surface area contributed by atoms with Gasteiger partial charge >= 0.3 is 0 Å². The zero-order chi connectivity index (χ0) is 14.3. The highest BCUT2D eigenvalue weighted by Crippen LogP contribution is 2.37. The molecule has 1 spiro atoms. The molecular formula is C18H23NO2. The minimum Gasteiger partial charge on any atom is -0.458 e. The zero-order valence-electron chi connectivity index (χ0n) is 12.6. The van der Waals surface area contributed by atoms with Gasteiger partial charge in [0.1, 0.15) is 17.4 Å². The van der Waals surface area contributed by atoms with Crippen molar-refractivity contribution in [2.24, 2.45) is 5.92 Å². The van der Waals surface area contributed by atoms with Crippen LogP contribution in [0.2, 0.25) is 0 Å². The summed E-state index contributed by atoms with van der Waals surface area (Å²) in [6, 6.07) is 10.3. The highest BCUT2D eigenvalue weighted by molar-refractivity contribution is 5.77. The molecule has 2 fully saturated rings. The van der Waals surface area contributed by atoms with Crippen molar-refractivity contribution in [1.82, 2.24) is 5.32 Å². The second-order valence-electron chi connectivity index (χ2n) is 6.83. The van der Waals surface area contributed by atoms with Gasteiger partial charge in [-0.05, 0) is 43.7 Å². The summed E-state index contributed by atoms with van der Waals surface area (Å²) < 4.78 is 12.1. The number of ether oxygens (including phenoxy) is 1. The van der Waals surface area contributed by atoms with Gasteiger partial charge in [0, 0.05) is 17.5 Å². The quantitative estimate of drug-likeness (QED) is 0.858. The van der Waals surface area contributed by atoms with Crippen molar-refractivity contribution in [3.63, 3.8) is 0 Å². The molecule has 1 saturated carbocycles. The van der Waals surface area contributed by atoms with E-state index >= 15 is 0 Å². The average Bonchev–Trinajstić information content (AvgIpc) is 2.95. The standard InChI is InChI=1S/C18H23NO2/c1-13-6-8-18(9-7-13)12-20-17(11-19-18)16-10-14-4-2-3-5-15(14)21-16/h2-5,10,13,17,19H,6-9,11-12H2,1H3. The van der Waals surface area contributed by atoms with E-state index in [2.05, 4.69) is 24.4 Å². The number of benzene rings is 1. The first-order chi connectivity index (χ1) is 10.2. The predicted octanol–water partition coefficient (Wildman–Crippen LogP) is 4.04. The van der Waals surface area contributed by atoms with E-state index in [4.69, 9.17) is 9.15 Å². The first-order valence-electron chi connectivity index (χ1n) is 8.09. The van der Waals surface area contributed by atoms with Crippen molar-refractivity contribution in [3.8, 4) is 0 Å². The molecule has 3 nitrogen and oxygen atoms in total. The summed E-state index contributed by atoms with van der Waals surface area (Å²) in [5, 5.41) is 4.92. The van der Waals surface area contributed by atoms with E-state index in [0.29, 0.717) is 0 Å². The molecule has 4 rings (SSSR count). The van der Waals surface area contributed by atoms with E-state index in [9.17, 15) is 0 Å². The van der Waals surface area contributed by atoms with Gasteiger partial charge in [0.25, 0.3) is 0 Å². The normalized spacial score (nSPS) is 33.6. The number of fused-ring (bicyclic) bond motifs is 1. The van der Waals surface area contributed by atoms with Gasteiger partial charge in [-0.2, -0.15) is 0 Å². The van der Waals surface area contributed by atoms with E-state index in [0.717, 1.165) is 35.8 Å². The molecule has 1 atom stereocenters. The van der Waals surface area contributed by atoms with E-state index in [1.54, 1.807) is 0 Å². The van der Waals surface area contributed by atoms with Crippen LogP contribution < -0.4 is 5.32 Å². The highest BCUT2D eigenvalue weighted by Gasteiger charge is 2.39. The summed E-state index contributed by atoms with van der Waals surface area (Å²) in [7, 11) is 0. The zero-order valence-corrected chi connectivity index (χ0v) is 12.6. The van der Waals surface area contributed by atoms with Crippen LogP contribution >= 0.6 is 0 Å². The average molecular weight is 285 g/mol. The maximum atomic E-state index is 6.17. The molecule has 0 radical (unpaired) electrons. The smallest absolute Gasteiger partial charge is 0.135 e. The Balaban J connectivity index is 1.47. The predicted molar refractivity (Wildman–Crippen MR) is 83.3 cm³/mol. The minimum atomic E-state index is 0.0439. The van der Waals surface area contributed by atoms with Gasteiger partial charge in [0.2, 0.25) is 0 Å². The molecule has 2 aromatic rings. The van der Waals surface area contributed by atoms with Crippen LogP contribution in [0.5, 0.6) is 0 Å². The molecule has 1 aromatic carbocycles. The van der Waals surface area contributed by atoms with Crippen molar-refractivity contribution in [2.45, 2.75) is 44.2 Å². The summed E-state index contributed by atoms with van der Waals surface area (Å²) in [4.78, 5) is 0. The monoisotopic (exact) mass is 285 g/mol. The van der Waals surface area contributed by atoms with Crippen LogP contribution in [0.4, 0.5) is 0 Å². The first-order valence-corrected chi connectivity index (χ1v) is 8.09. The Kier molecular flexibility index (Phi) is 3.27. The lowest BCUT2D eigenvalue weighted by Gasteiger charge is -2.44. The molecule has 1 unspecified atom stereocenters. The number of morpholine rings is 1. The van der Waals surface area contributed by atoms with Gasteiger partial charge in [0.15, 0.2) is 0 Å². The summed E-state index contributed by atoms with van der Waals surface area (Å²) in [5.74, 6) is 1.81. The first kappa shape index (κ1) is 13.4. The Bertz CT molecular complexity index is 582. The fourth-order valence-corrected chi connectivity index (χ4v) is 3.66. The van der Waals surface area contributed by atoms with Crippen LogP contribution in [-0.4, -0.2) is 18.7 Å². The Morgan fingerprint density at radius 1 is 1.19 bits per heavy atom. The number of para-hydroxylation sites is 1. The van der Waals surface area contributed by atoms with Gasteiger partial charge in [-0.15, -0.1) is 0 Å². The second kappa shape index (κ2) is 5.15. The molecule has 1 aliphatic heterocycles. The van der Waals surface area contributed by atoms with Crippen LogP contribution in [-0.2, 0) is 4.74 Å². The maximum absolute atomic E-state index is 6.17. The van der Waals surface area contributed by atoms with Crippen LogP contribution in [0.15, 0.2) is 34.7 Å². The number of rotatable bonds is 1. The molecule has 3 heteroatoms. The molecule has 2 aliphatic rings. The summed E-state index contributed by atoms with van der Waals surface area (Å²) in [6.45, 7) is 4.02. The number of hydrogen-bond donors (Lipinski definition) is 1. The van der Waals surface area contributed by atoms with Gasteiger partial charge in [-0.25, -0.2) is 0 Å². The third kappa shape index (κ3) is 2.49. The Labute approximate surface area is 125 Å². The third-order valence-electron chi connectivity index (χ3n) is 5.22. The molecule has 21 heavy (non-hydrogen) atoms. The maximum Gasteiger partial charge on any atom is 0.135 e. The van der Waals surface area contributed by atoms with Crippen LogP contribution in [0.1, 0.15) is 44.5 Å². The van der Waals surface area contributed by atoms with E-state index in [1.165, 1.54) is 25.7 Å². The van der Waals surface area contributed by atoms with Gasteiger partial charge < -0.3 is 14.5 Å². The fourth-order valence-electron chi connectivity index (χ4n) is 3.66.